The van der Waals surface area contributed by atoms with E-state index in [0.29, 0.717) is 5.95 Å². The Bertz CT molecular complexity index is 768. The molecule has 0 spiro atoms. The summed E-state index contributed by atoms with van der Waals surface area (Å²) in [6.07, 6.45) is 0. The van der Waals surface area contributed by atoms with E-state index < -0.39 is 0 Å². The summed E-state index contributed by atoms with van der Waals surface area (Å²) < 4.78 is 1.02. The zero-order valence-electron chi connectivity index (χ0n) is 11.8. The number of hydrogen-bond donors (Lipinski definition) is 2. The van der Waals surface area contributed by atoms with Crippen LogP contribution >= 0.6 is 27.7 Å². The van der Waals surface area contributed by atoms with Crippen LogP contribution in [-0.4, -0.2) is 21.1 Å². The van der Waals surface area contributed by atoms with Crippen molar-refractivity contribution in [3.63, 3.8) is 0 Å². The number of rotatable bonds is 4. The molecule has 1 unspecified atom stereocenters. The number of H-pyrrole nitrogens is 1. The normalized spacial score (nSPS) is 12.3. The number of hydrogen-bond acceptors (Lipinski definition) is 3. The largest absolute Gasteiger partial charge is 0.324 e. The standard InChI is InChI=1S/C16H14BrN3OS/c1-10(22-12-8-6-11(17)7-9-12)15(21)20-16-18-13-4-2-3-5-14(13)19-16/h2-10H,1H3,(H2,18,19,20,21). The second kappa shape index (κ2) is 6.54. The van der Waals surface area contributed by atoms with Gasteiger partial charge < -0.3 is 4.98 Å². The lowest BCUT2D eigenvalue weighted by Crippen LogP contribution is -2.22. The van der Waals surface area contributed by atoms with Crippen molar-refractivity contribution >= 4 is 50.6 Å². The zero-order valence-corrected chi connectivity index (χ0v) is 14.2. The Hall–Kier alpha value is -1.79. The molecule has 0 bridgehead atoms. The molecule has 2 N–H and O–H groups in total. The topological polar surface area (TPSA) is 57.8 Å². The van der Waals surface area contributed by atoms with Gasteiger partial charge in [-0.1, -0.05) is 28.1 Å². The first-order valence-corrected chi connectivity index (χ1v) is 8.47. The van der Waals surface area contributed by atoms with E-state index >= 15 is 0 Å². The van der Waals surface area contributed by atoms with Gasteiger partial charge in [0, 0.05) is 9.37 Å². The number of benzene rings is 2. The number of imidazole rings is 1. The summed E-state index contributed by atoms with van der Waals surface area (Å²) in [4.78, 5) is 20.8. The summed E-state index contributed by atoms with van der Waals surface area (Å²) >= 11 is 4.91. The summed E-state index contributed by atoms with van der Waals surface area (Å²) in [6, 6.07) is 15.6. The monoisotopic (exact) mass is 375 g/mol. The van der Waals surface area contributed by atoms with Gasteiger partial charge in [0.15, 0.2) is 0 Å². The minimum atomic E-state index is -0.214. The molecule has 0 aliphatic carbocycles. The van der Waals surface area contributed by atoms with Gasteiger partial charge in [-0.25, -0.2) is 4.98 Å². The number of fused-ring (bicyclic) bond motifs is 1. The van der Waals surface area contributed by atoms with Crippen LogP contribution < -0.4 is 5.32 Å². The maximum absolute atomic E-state index is 12.3. The fourth-order valence-corrected chi connectivity index (χ4v) is 3.13. The van der Waals surface area contributed by atoms with Gasteiger partial charge >= 0.3 is 0 Å². The molecule has 1 heterocycles. The average Bonchev–Trinajstić information content (AvgIpc) is 2.91. The van der Waals surface area contributed by atoms with Crippen molar-refractivity contribution in [2.45, 2.75) is 17.1 Å². The molecular weight excluding hydrogens is 362 g/mol. The van der Waals surface area contributed by atoms with Crippen molar-refractivity contribution in [2.24, 2.45) is 0 Å². The van der Waals surface area contributed by atoms with Crippen LogP contribution in [0.4, 0.5) is 5.95 Å². The van der Waals surface area contributed by atoms with Gasteiger partial charge in [0.25, 0.3) is 0 Å². The molecule has 3 aromatic rings. The number of carbonyl (C=O) groups is 1. The minimum absolute atomic E-state index is 0.0769. The van der Waals surface area contributed by atoms with E-state index in [4.69, 9.17) is 0 Å². The number of amides is 1. The van der Waals surface area contributed by atoms with Gasteiger partial charge in [-0.2, -0.15) is 0 Å². The summed E-state index contributed by atoms with van der Waals surface area (Å²) in [5.41, 5.74) is 1.75. The third-order valence-electron chi connectivity index (χ3n) is 3.13. The Labute approximate surface area is 140 Å². The van der Waals surface area contributed by atoms with Gasteiger partial charge in [-0.3, -0.25) is 10.1 Å². The van der Waals surface area contributed by atoms with Gasteiger partial charge in [0.2, 0.25) is 11.9 Å². The number of para-hydroxylation sites is 2. The van der Waals surface area contributed by atoms with E-state index in [1.807, 2.05) is 55.5 Å². The van der Waals surface area contributed by atoms with Crippen LogP contribution in [0.3, 0.4) is 0 Å². The number of aromatic amines is 1. The van der Waals surface area contributed by atoms with Crippen molar-refractivity contribution < 1.29 is 4.79 Å². The maximum Gasteiger partial charge on any atom is 0.239 e. The lowest BCUT2D eigenvalue weighted by molar-refractivity contribution is -0.115. The first-order chi connectivity index (χ1) is 10.6. The predicted molar refractivity (Wildman–Crippen MR) is 94.2 cm³/mol. The summed E-state index contributed by atoms with van der Waals surface area (Å²) in [7, 11) is 0. The molecule has 1 atom stereocenters. The summed E-state index contributed by atoms with van der Waals surface area (Å²) in [6.45, 7) is 1.88. The molecule has 0 saturated carbocycles. The van der Waals surface area contributed by atoms with E-state index in [2.05, 4.69) is 31.2 Å². The van der Waals surface area contributed by atoms with Crippen LogP contribution in [0.25, 0.3) is 11.0 Å². The van der Waals surface area contributed by atoms with Crippen molar-refractivity contribution in [1.29, 1.82) is 0 Å². The van der Waals surface area contributed by atoms with Gasteiger partial charge in [0.05, 0.1) is 16.3 Å². The highest BCUT2D eigenvalue weighted by atomic mass is 79.9. The Balaban J connectivity index is 1.66. The minimum Gasteiger partial charge on any atom is -0.324 e. The second-order valence-electron chi connectivity index (χ2n) is 4.81. The van der Waals surface area contributed by atoms with Crippen molar-refractivity contribution in [3.8, 4) is 0 Å². The van der Waals surface area contributed by atoms with Crippen molar-refractivity contribution in [3.05, 3.63) is 53.0 Å². The predicted octanol–water partition coefficient (Wildman–Crippen LogP) is 4.44. The van der Waals surface area contributed by atoms with Crippen LogP contribution in [0.2, 0.25) is 0 Å². The lowest BCUT2D eigenvalue weighted by atomic mass is 10.3. The van der Waals surface area contributed by atoms with Crippen molar-refractivity contribution in [2.75, 3.05) is 5.32 Å². The first kappa shape index (κ1) is 15.1. The van der Waals surface area contributed by atoms with Crippen LogP contribution in [0.1, 0.15) is 6.92 Å². The number of halogens is 1. The number of thioether (sulfide) groups is 1. The Morgan fingerprint density at radius 3 is 2.68 bits per heavy atom. The number of nitrogens with one attached hydrogen (secondary N) is 2. The molecule has 1 amide bonds. The fourth-order valence-electron chi connectivity index (χ4n) is 2.00. The van der Waals surface area contributed by atoms with E-state index in [1.165, 1.54) is 11.8 Å². The molecule has 112 valence electrons. The van der Waals surface area contributed by atoms with Crippen LogP contribution in [0, 0.1) is 0 Å². The molecule has 0 aliphatic heterocycles. The third kappa shape index (κ3) is 3.51. The van der Waals surface area contributed by atoms with E-state index in [1.54, 1.807) is 0 Å². The molecule has 2 aromatic carbocycles. The molecule has 3 rings (SSSR count). The highest BCUT2D eigenvalue weighted by molar-refractivity contribution is 9.10. The van der Waals surface area contributed by atoms with E-state index in [-0.39, 0.29) is 11.2 Å². The quantitative estimate of drug-likeness (QED) is 0.662. The summed E-state index contributed by atoms with van der Waals surface area (Å²) in [5, 5.41) is 2.61. The molecule has 0 saturated heterocycles. The second-order valence-corrected chi connectivity index (χ2v) is 7.14. The SMILES string of the molecule is CC(Sc1ccc(Br)cc1)C(=O)Nc1nc2ccccc2[nH]1. The number of aromatic nitrogens is 2. The van der Waals surface area contributed by atoms with Crippen LogP contribution in [-0.2, 0) is 4.79 Å². The van der Waals surface area contributed by atoms with E-state index in [0.717, 1.165) is 20.4 Å². The molecule has 22 heavy (non-hydrogen) atoms. The van der Waals surface area contributed by atoms with Crippen molar-refractivity contribution in [1.82, 2.24) is 9.97 Å². The number of anilines is 1. The van der Waals surface area contributed by atoms with Gasteiger partial charge in [-0.15, -0.1) is 11.8 Å². The molecule has 6 heteroatoms. The Kier molecular flexibility index (Phi) is 4.49. The van der Waals surface area contributed by atoms with Gasteiger partial charge in [-0.05, 0) is 43.3 Å². The molecule has 1 aromatic heterocycles. The van der Waals surface area contributed by atoms with E-state index in [9.17, 15) is 4.79 Å². The Morgan fingerprint density at radius 1 is 1.23 bits per heavy atom. The van der Waals surface area contributed by atoms with Crippen LogP contribution in [0.15, 0.2) is 57.9 Å². The molecule has 0 fully saturated rings. The maximum atomic E-state index is 12.3. The molecule has 4 nitrogen and oxygen atoms in total. The van der Waals surface area contributed by atoms with Gasteiger partial charge in [0.1, 0.15) is 0 Å². The highest BCUT2D eigenvalue weighted by Gasteiger charge is 2.16. The smallest absolute Gasteiger partial charge is 0.239 e. The van der Waals surface area contributed by atoms with Crippen LogP contribution in [0.5, 0.6) is 0 Å². The number of carbonyl (C=O) groups excluding carboxylic acids is 1. The summed E-state index contributed by atoms with van der Waals surface area (Å²) in [5.74, 6) is 0.404. The average molecular weight is 376 g/mol. The molecule has 0 aliphatic rings. The fraction of sp³-hybridized carbons (Fsp3) is 0.125. The molecule has 0 radical (unpaired) electrons. The zero-order chi connectivity index (χ0) is 15.5. The highest BCUT2D eigenvalue weighted by Crippen LogP contribution is 2.25. The lowest BCUT2D eigenvalue weighted by Gasteiger charge is -2.10. The third-order valence-corrected chi connectivity index (χ3v) is 4.77. The first-order valence-electron chi connectivity index (χ1n) is 6.79. The number of nitrogens with zero attached hydrogens (tertiary/aromatic N) is 1. The Morgan fingerprint density at radius 2 is 1.95 bits per heavy atom. The molecular formula is C16H14BrN3OS.